The minimum absolute atomic E-state index is 0.0122. The maximum Gasteiger partial charge on any atom is 0.180 e. The summed E-state index contributed by atoms with van der Waals surface area (Å²) in [5.41, 5.74) is 2.77. The summed E-state index contributed by atoms with van der Waals surface area (Å²) in [6.07, 6.45) is 6.00. The number of nitrogens with one attached hydrogen (secondary N) is 2. The van der Waals surface area contributed by atoms with Gasteiger partial charge in [0.25, 0.3) is 0 Å². The molecule has 0 aliphatic rings. The largest absolute Gasteiger partial charge is 0.394 e. The van der Waals surface area contributed by atoms with Crippen LogP contribution >= 0.6 is 0 Å². The van der Waals surface area contributed by atoms with Crippen molar-refractivity contribution in [3.05, 3.63) is 18.6 Å². The molecule has 0 aliphatic carbocycles. The highest BCUT2D eigenvalue weighted by Gasteiger charge is 2.22. The first-order chi connectivity index (χ1) is 8.61. The molecular weight excluding hydrogens is 232 g/mol. The molecule has 0 fully saturated rings. The standard InChI is InChI=1S/C11H18N6O/c1-3-11(2,7-18)15-9-10-13-4-5-17(10)6-8(14-9)16-12/h4-6,16,18H,3,7,12H2,1-2H3,(H,14,15). The number of imidazole rings is 1. The van der Waals surface area contributed by atoms with Crippen LogP contribution in [0.1, 0.15) is 20.3 Å². The Kier molecular flexibility index (Phi) is 3.35. The molecule has 2 rings (SSSR count). The molecule has 1 unspecified atom stereocenters. The summed E-state index contributed by atoms with van der Waals surface area (Å²) in [5.74, 6) is 6.50. The number of nitrogens with two attached hydrogens (primary N) is 1. The quantitative estimate of drug-likeness (QED) is 0.457. The van der Waals surface area contributed by atoms with Gasteiger partial charge in [0.1, 0.15) is 0 Å². The molecule has 7 heteroatoms. The predicted octanol–water partition coefficient (Wildman–Crippen LogP) is 0.588. The van der Waals surface area contributed by atoms with Crippen LogP contribution in [0.25, 0.3) is 5.65 Å². The van der Waals surface area contributed by atoms with E-state index in [9.17, 15) is 5.11 Å². The molecule has 5 N–H and O–H groups in total. The molecule has 0 aromatic carbocycles. The highest BCUT2D eigenvalue weighted by molar-refractivity contribution is 5.66. The van der Waals surface area contributed by atoms with Crippen molar-refractivity contribution in [1.29, 1.82) is 0 Å². The van der Waals surface area contributed by atoms with Gasteiger partial charge in [-0.15, -0.1) is 0 Å². The van der Waals surface area contributed by atoms with E-state index in [1.54, 1.807) is 12.4 Å². The molecule has 98 valence electrons. The van der Waals surface area contributed by atoms with Crippen LogP contribution in [0.4, 0.5) is 11.6 Å². The Bertz CT molecular complexity index is 533. The van der Waals surface area contributed by atoms with Crippen molar-refractivity contribution in [2.75, 3.05) is 17.3 Å². The third-order valence-electron chi connectivity index (χ3n) is 3.07. The maximum absolute atomic E-state index is 9.44. The van der Waals surface area contributed by atoms with Gasteiger partial charge in [-0.1, -0.05) is 6.92 Å². The highest BCUT2D eigenvalue weighted by Crippen LogP contribution is 2.21. The number of aromatic nitrogens is 3. The molecule has 0 aliphatic heterocycles. The second-order valence-electron chi connectivity index (χ2n) is 4.47. The molecule has 0 saturated heterocycles. The predicted molar refractivity (Wildman–Crippen MR) is 70.2 cm³/mol. The molecule has 1 atom stereocenters. The van der Waals surface area contributed by atoms with Gasteiger partial charge >= 0.3 is 0 Å². The molecule has 2 aromatic heterocycles. The van der Waals surface area contributed by atoms with Crippen LogP contribution in [0, 0.1) is 0 Å². The van der Waals surface area contributed by atoms with E-state index in [1.165, 1.54) is 0 Å². The summed E-state index contributed by atoms with van der Waals surface area (Å²) in [5, 5.41) is 12.7. The molecule has 0 radical (unpaired) electrons. The van der Waals surface area contributed by atoms with Crippen molar-refractivity contribution in [2.45, 2.75) is 25.8 Å². The van der Waals surface area contributed by atoms with Crippen molar-refractivity contribution in [3.63, 3.8) is 0 Å². The van der Waals surface area contributed by atoms with E-state index in [2.05, 4.69) is 20.7 Å². The number of aliphatic hydroxyl groups is 1. The zero-order valence-electron chi connectivity index (χ0n) is 10.5. The van der Waals surface area contributed by atoms with Crippen molar-refractivity contribution >= 4 is 17.3 Å². The smallest absolute Gasteiger partial charge is 0.180 e. The van der Waals surface area contributed by atoms with Gasteiger partial charge in [-0.3, -0.25) is 0 Å². The Hall–Kier alpha value is -1.86. The minimum atomic E-state index is -0.438. The van der Waals surface area contributed by atoms with E-state index in [1.807, 2.05) is 24.4 Å². The number of aliphatic hydroxyl groups excluding tert-OH is 1. The number of hydrazine groups is 1. The van der Waals surface area contributed by atoms with Crippen LogP contribution in [0.15, 0.2) is 18.6 Å². The molecule has 2 aromatic rings. The Labute approximate surface area is 105 Å². The van der Waals surface area contributed by atoms with E-state index in [-0.39, 0.29) is 6.61 Å². The average molecular weight is 250 g/mol. The van der Waals surface area contributed by atoms with Gasteiger partial charge in [0, 0.05) is 12.4 Å². The lowest BCUT2D eigenvalue weighted by Crippen LogP contribution is -2.38. The van der Waals surface area contributed by atoms with Gasteiger partial charge in [-0.05, 0) is 13.3 Å². The number of nitrogens with zero attached hydrogens (tertiary/aromatic N) is 3. The lowest BCUT2D eigenvalue weighted by molar-refractivity contribution is 0.218. The second kappa shape index (κ2) is 4.79. The number of anilines is 2. The van der Waals surface area contributed by atoms with Gasteiger partial charge in [-0.2, -0.15) is 0 Å². The summed E-state index contributed by atoms with van der Waals surface area (Å²) in [6, 6.07) is 0. The van der Waals surface area contributed by atoms with Crippen LogP contribution in [-0.2, 0) is 0 Å². The molecule has 2 heterocycles. The van der Waals surface area contributed by atoms with Gasteiger partial charge in [0.2, 0.25) is 0 Å². The third kappa shape index (κ3) is 2.22. The first-order valence-corrected chi connectivity index (χ1v) is 5.81. The molecule has 0 bridgehead atoms. The molecular formula is C11H18N6O. The number of hydrogen-bond donors (Lipinski definition) is 4. The number of nitrogen functional groups attached to an aromatic ring is 1. The number of rotatable bonds is 5. The Morgan fingerprint density at radius 1 is 1.56 bits per heavy atom. The summed E-state index contributed by atoms with van der Waals surface area (Å²) in [4.78, 5) is 8.57. The molecule has 7 nitrogen and oxygen atoms in total. The van der Waals surface area contributed by atoms with Gasteiger partial charge in [-0.25, -0.2) is 15.8 Å². The second-order valence-corrected chi connectivity index (χ2v) is 4.47. The zero-order chi connectivity index (χ0) is 13.2. The highest BCUT2D eigenvalue weighted by atomic mass is 16.3. The minimum Gasteiger partial charge on any atom is -0.394 e. The zero-order valence-corrected chi connectivity index (χ0v) is 10.5. The third-order valence-corrected chi connectivity index (χ3v) is 3.07. The monoisotopic (exact) mass is 250 g/mol. The first-order valence-electron chi connectivity index (χ1n) is 5.81. The van der Waals surface area contributed by atoms with Crippen LogP contribution < -0.4 is 16.6 Å². The fourth-order valence-corrected chi connectivity index (χ4v) is 1.61. The summed E-state index contributed by atoms with van der Waals surface area (Å²) in [6.45, 7) is 3.94. The van der Waals surface area contributed by atoms with E-state index in [4.69, 9.17) is 5.84 Å². The Morgan fingerprint density at radius 3 is 2.94 bits per heavy atom. The van der Waals surface area contributed by atoms with Crippen molar-refractivity contribution < 1.29 is 5.11 Å². The maximum atomic E-state index is 9.44. The van der Waals surface area contributed by atoms with Crippen molar-refractivity contribution in [1.82, 2.24) is 14.4 Å². The lowest BCUT2D eigenvalue weighted by atomic mass is 10.0. The van der Waals surface area contributed by atoms with Crippen LogP contribution in [0.3, 0.4) is 0 Å². The van der Waals surface area contributed by atoms with Crippen molar-refractivity contribution in [3.8, 4) is 0 Å². The van der Waals surface area contributed by atoms with E-state index >= 15 is 0 Å². The Balaban J connectivity index is 2.45. The van der Waals surface area contributed by atoms with Gasteiger partial charge in [0.15, 0.2) is 17.3 Å². The average Bonchev–Trinajstić information content (AvgIpc) is 2.86. The molecule has 18 heavy (non-hydrogen) atoms. The van der Waals surface area contributed by atoms with E-state index in [0.717, 1.165) is 6.42 Å². The molecule has 0 saturated carbocycles. The van der Waals surface area contributed by atoms with Crippen LogP contribution in [0.5, 0.6) is 0 Å². The molecule has 0 amide bonds. The fraction of sp³-hybridized carbons (Fsp3) is 0.455. The summed E-state index contributed by atoms with van der Waals surface area (Å²) in [7, 11) is 0. The molecule has 0 spiro atoms. The van der Waals surface area contributed by atoms with Crippen molar-refractivity contribution in [2.24, 2.45) is 5.84 Å². The Morgan fingerprint density at radius 2 is 2.33 bits per heavy atom. The van der Waals surface area contributed by atoms with Gasteiger partial charge in [0.05, 0.1) is 18.3 Å². The van der Waals surface area contributed by atoms with E-state index in [0.29, 0.717) is 17.3 Å². The van der Waals surface area contributed by atoms with Crippen LogP contribution in [0.2, 0.25) is 0 Å². The van der Waals surface area contributed by atoms with E-state index < -0.39 is 5.54 Å². The normalized spacial score (nSPS) is 14.4. The summed E-state index contributed by atoms with van der Waals surface area (Å²) < 4.78 is 1.82. The number of fused-ring (bicyclic) bond motifs is 1. The SMILES string of the molecule is CCC(C)(CO)Nc1nc(NN)cn2ccnc12. The summed E-state index contributed by atoms with van der Waals surface area (Å²) >= 11 is 0. The number of hydrogen-bond acceptors (Lipinski definition) is 6. The fourth-order valence-electron chi connectivity index (χ4n) is 1.61. The first kappa shape index (κ1) is 12.6. The topological polar surface area (TPSA) is 100 Å². The van der Waals surface area contributed by atoms with Gasteiger partial charge < -0.3 is 20.2 Å². The van der Waals surface area contributed by atoms with Crippen LogP contribution in [-0.4, -0.2) is 31.6 Å². The lowest BCUT2D eigenvalue weighted by Gasteiger charge is -2.28.